The summed E-state index contributed by atoms with van der Waals surface area (Å²) < 4.78 is 0.995. The normalized spacial score (nSPS) is 21.3. The number of nitrogens with one attached hydrogen (secondary N) is 2. The van der Waals surface area contributed by atoms with Crippen molar-refractivity contribution >= 4 is 33.2 Å². The molecule has 3 nitrogen and oxygen atoms in total. The van der Waals surface area contributed by atoms with Gasteiger partial charge in [-0.15, -0.1) is 11.3 Å². The highest BCUT2D eigenvalue weighted by molar-refractivity contribution is 9.11. The van der Waals surface area contributed by atoms with Crippen LogP contribution in [0, 0.1) is 0 Å². The van der Waals surface area contributed by atoms with Gasteiger partial charge in [0.25, 0.3) is 5.91 Å². The van der Waals surface area contributed by atoms with E-state index in [-0.39, 0.29) is 11.9 Å². The summed E-state index contributed by atoms with van der Waals surface area (Å²) in [5, 5.41) is 8.18. The fraction of sp³-hybridized carbons (Fsp3) is 0.500. The zero-order valence-corrected chi connectivity index (χ0v) is 10.7. The second-order valence-electron chi connectivity index (χ2n) is 3.66. The molecule has 1 saturated heterocycles. The maximum Gasteiger partial charge on any atom is 0.252 e. The lowest BCUT2D eigenvalue weighted by Gasteiger charge is -2.23. The van der Waals surface area contributed by atoms with Crippen LogP contribution in [0.5, 0.6) is 0 Å². The molecule has 1 aromatic heterocycles. The van der Waals surface area contributed by atoms with Crippen molar-refractivity contribution in [2.45, 2.75) is 18.9 Å². The number of piperidine rings is 1. The number of carbonyl (C=O) groups is 1. The summed E-state index contributed by atoms with van der Waals surface area (Å²) >= 11 is 4.89. The number of rotatable bonds is 2. The van der Waals surface area contributed by atoms with Crippen molar-refractivity contribution < 1.29 is 4.79 Å². The molecule has 82 valence electrons. The fourth-order valence-electron chi connectivity index (χ4n) is 1.67. The van der Waals surface area contributed by atoms with E-state index in [4.69, 9.17) is 0 Å². The molecule has 1 aliphatic heterocycles. The minimum absolute atomic E-state index is 0.0330. The molecule has 2 N–H and O–H groups in total. The van der Waals surface area contributed by atoms with Gasteiger partial charge < -0.3 is 10.6 Å². The van der Waals surface area contributed by atoms with Crippen molar-refractivity contribution in [1.29, 1.82) is 0 Å². The van der Waals surface area contributed by atoms with E-state index in [0.29, 0.717) is 0 Å². The first-order chi connectivity index (χ1) is 7.25. The first-order valence-electron chi connectivity index (χ1n) is 5.01. The molecule has 0 unspecified atom stereocenters. The average Bonchev–Trinajstić information content (AvgIpc) is 2.66. The summed E-state index contributed by atoms with van der Waals surface area (Å²) in [6, 6.07) is 2.14. The maximum atomic E-state index is 11.8. The first-order valence-corrected chi connectivity index (χ1v) is 6.68. The molecule has 1 fully saturated rings. The van der Waals surface area contributed by atoms with Crippen LogP contribution in [-0.4, -0.2) is 25.0 Å². The van der Waals surface area contributed by atoms with Crippen molar-refractivity contribution in [3.05, 3.63) is 20.8 Å². The Kier molecular flexibility index (Phi) is 3.77. The van der Waals surface area contributed by atoms with E-state index in [9.17, 15) is 4.79 Å². The van der Waals surface area contributed by atoms with Crippen LogP contribution in [-0.2, 0) is 0 Å². The molecule has 2 heterocycles. The second kappa shape index (κ2) is 5.09. The molecule has 15 heavy (non-hydrogen) atoms. The van der Waals surface area contributed by atoms with Gasteiger partial charge in [-0.2, -0.15) is 0 Å². The zero-order chi connectivity index (χ0) is 10.7. The van der Waals surface area contributed by atoms with E-state index >= 15 is 0 Å². The third-order valence-electron chi connectivity index (χ3n) is 2.46. The number of halogens is 1. The van der Waals surface area contributed by atoms with E-state index in [1.165, 1.54) is 11.3 Å². The number of thiophene rings is 1. The maximum absolute atomic E-state index is 11.8. The monoisotopic (exact) mass is 288 g/mol. The van der Waals surface area contributed by atoms with E-state index in [0.717, 1.165) is 35.3 Å². The topological polar surface area (TPSA) is 41.1 Å². The Morgan fingerprint density at radius 1 is 1.67 bits per heavy atom. The second-order valence-corrected chi connectivity index (χ2v) is 5.95. The summed E-state index contributed by atoms with van der Waals surface area (Å²) in [6.45, 7) is 1.95. The van der Waals surface area contributed by atoms with E-state index in [2.05, 4.69) is 26.6 Å². The summed E-state index contributed by atoms with van der Waals surface area (Å²) in [4.78, 5) is 11.8. The van der Waals surface area contributed by atoms with Gasteiger partial charge >= 0.3 is 0 Å². The molecule has 0 radical (unpaired) electrons. The molecule has 1 amide bonds. The summed E-state index contributed by atoms with van der Waals surface area (Å²) in [5.74, 6) is 0.0330. The van der Waals surface area contributed by atoms with E-state index in [1.54, 1.807) is 0 Å². The Hall–Kier alpha value is -0.390. The molecular weight excluding hydrogens is 276 g/mol. The van der Waals surface area contributed by atoms with Crippen molar-refractivity contribution in [1.82, 2.24) is 10.6 Å². The highest BCUT2D eigenvalue weighted by atomic mass is 79.9. The van der Waals surface area contributed by atoms with Gasteiger partial charge in [0.05, 0.1) is 9.35 Å². The molecular formula is C10H13BrN2OS. The van der Waals surface area contributed by atoms with E-state index < -0.39 is 0 Å². The lowest BCUT2D eigenvalue weighted by molar-refractivity contribution is 0.0931. The van der Waals surface area contributed by atoms with Crippen LogP contribution < -0.4 is 10.6 Å². The van der Waals surface area contributed by atoms with Crippen LogP contribution in [0.1, 0.15) is 23.2 Å². The lowest BCUT2D eigenvalue weighted by atomic mass is 10.1. The minimum Gasteiger partial charge on any atom is -0.348 e. The average molecular weight is 289 g/mol. The molecule has 1 atom stereocenters. The molecule has 1 aromatic rings. The molecule has 0 saturated carbocycles. The Bertz CT molecular complexity index is 347. The largest absolute Gasteiger partial charge is 0.348 e. The van der Waals surface area contributed by atoms with Crippen LogP contribution in [0.15, 0.2) is 15.2 Å². The fourth-order valence-corrected chi connectivity index (χ4v) is 2.81. The Balaban J connectivity index is 1.91. The molecule has 1 aliphatic rings. The Labute approximate surface area is 101 Å². The Morgan fingerprint density at radius 3 is 3.13 bits per heavy atom. The van der Waals surface area contributed by atoms with Crippen molar-refractivity contribution in [3.63, 3.8) is 0 Å². The van der Waals surface area contributed by atoms with Crippen LogP contribution in [0.2, 0.25) is 0 Å². The lowest BCUT2D eigenvalue weighted by Crippen LogP contribution is -2.45. The van der Waals surface area contributed by atoms with E-state index in [1.807, 2.05) is 11.4 Å². The molecule has 0 aliphatic carbocycles. The minimum atomic E-state index is 0.0330. The number of hydrogen-bond acceptors (Lipinski definition) is 3. The van der Waals surface area contributed by atoms with Crippen molar-refractivity contribution in [2.75, 3.05) is 13.1 Å². The van der Waals surface area contributed by atoms with Crippen molar-refractivity contribution in [2.24, 2.45) is 0 Å². The van der Waals surface area contributed by atoms with Gasteiger partial charge in [0.15, 0.2) is 0 Å². The standard InChI is InChI=1S/C10H13BrN2OS/c11-9-4-7(6-15-9)10(14)13-8-2-1-3-12-5-8/h4,6,8,12H,1-3,5H2,(H,13,14)/t8-/m1/s1. The van der Waals surface area contributed by atoms with Gasteiger partial charge in [0.1, 0.15) is 0 Å². The molecule has 0 aromatic carbocycles. The van der Waals surface area contributed by atoms with Gasteiger partial charge in [-0.05, 0) is 41.4 Å². The summed E-state index contributed by atoms with van der Waals surface area (Å²) in [6.07, 6.45) is 2.21. The third-order valence-corrected chi connectivity index (χ3v) is 3.97. The van der Waals surface area contributed by atoms with Crippen LogP contribution >= 0.6 is 27.3 Å². The molecule has 0 bridgehead atoms. The third kappa shape index (κ3) is 3.03. The van der Waals surface area contributed by atoms with Gasteiger partial charge in [-0.1, -0.05) is 0 Å². The SMILES string of the molecule is O=C(N[C@@H]1CCCNC1)c1csc(Br)c1. The van der Waals surface area contributed by atoms with Crippen LogP contribution in [0.4, 0.5) is 0 Å². The summed E-state index contributed by atoms with van der Waals surface area (Å²) in [5.41, 5.74) is 0.748. The highest BCUT2D eigenvalue weighted by Crippen LogP contribution is 2.20. The molecule has 5 heteroatoms. The predicted molar refractivity (Wildman–Crippen MR) is 65.4 cm³/mol. The quantitative estimate of drug-likeness (QED) is 0.874. The van der Waals surface area contributed by atoms with Gasteiger partial charge in [0, 0.05) is 18.0 Å². The predicted octanol–water partition coefficient (Wildman–Crippen LogP) is 1.99. The zero-order valence-electron chi connectivity index (χ0n) is 8.25. The number of amides is 1. The number of carbonyl (C=O) groups excluding carboxylic acids is 1. The smallest absolute Gasteiger partial charge is 0.252 e. The molecule has 2 rings (SSSR count). The van der Waals surface area contributed by atoms with Crippen molar-refractivity contribution in [3.8, 4) is 0 Å². The Morgan fingerprint density at radius 2 is 2.53 bits per heavy atom. The first kappa shape index (κ1) is 11.1. The van der Waals surface area contributed by atoms with Crippen LogP contribution in [0.25, 0.3) is 0 Å². The van der Waals surface area contributed by atoms with Gasteiger partial charge in [-0.25, -0.2) is 0 Å². The number of hydrogen-bond donors (Lipinski definition) is 2. The highest BCUT2D eigenvalue weighted by Gasteiger charge is 2.16. The summed E-state index contributed by atoms with van der Waals surface area (Å²) in [7, 11) is 0. The van der Waals surface area contributed by atoms with Crippen LogP contribution in [0.3, 0.4) is 0 Å². The van der Waals surface area contributed by atoms with Gasteiger partial charge in [0.2, 0.25) is 0 Å². The van der Waals surface area contributed by atoms with Gasteiger partial charge in [-0.3, -0.25) is 4.79 Å². The molecule has 0 spiro atoms.